The zero-order chi connectivity index (χ0) is 18.2. The Kier molecular flexibility index (Phi) is 4.81. The van der Waals surface area contributed by atoms with Gasteiger partial charge >= 0.3 is 0 Å². The Hall–Kier alpha value is -1.60. The number of piperidine rings is 1. The molecule has 1 amide bonds. The lowest BCUT2D eigenvalue weighted by Crippen LogP contribution is -2.47. The minimum Gasteiger partial charge on any atom is -0.486 e. The van der Waals surface area contributed by atoms with Crippen molar-refractivity contribution < 1.29 is 17.9 Å². The van der Waals surface area contributed by atoms with Crippen molar-refractivity contribution >= 4 is 15.9 Å². The monoisotopic (exact) mass is 366 g/mol. The maximum atomic E-state index is 12.8. The lowest BCUT2D eigenvalue weighted by atomic mass is 10.0. The molecule has 7 heteroatoms. The molecule has 1 atom stereocenters. The second kappa shape index (κ2) is 6.61. The number of hydrogen-bond acceptors (Lipinski definition) is 4. The third kappa shape index (κ3) is 3.82. The fourth-order valence-electron chi connectivity index (χ4n) is 3.51. The number of hydrogen-bond donors (Lipinski definition) is 1. The molecule has 1 saturated heterocycles. The van der Waals surface area contributed by atoms with Crippen LogP contribution in [0, 0.1) is 0 Å². The van der Waals surface area contributed by atoms with Crippen molar-refractivity contribution in [1.29, 1.82) is 0 Å². The molecule has 0 aromatic heterocycles. The largest absolute Gasteiger partial charge is 0.486 e. The Labute approximate surface area is 149 Å². The first kappa shape index (κ1) is 18.2. The van der Waals surface area contributed by atoms with E-state index in [0.717, 1.165) is 18.4 Å². The van der Waals surface area contributed by atoms with Gasteiger partial charge < -0.3 is 9.64 Å². The molecule has 2 aliphatic rings. The molecule has 0 saturated carbocycles. The molecule has 0 radical (unpaired) electrons. The van der Waals surface area contributed by atoms with E-state index >= 15 is 0 Å². The quantitative estimate of drug-likeness (QED) is 0.866. The minimum absolute atomic E-state index is 0.101. The van der Waals surface area contributed by atoms with Crippen LogP contribution in [0.25, 0.3) is 0 Å². The van der Waals surface area contributed by atoms with Gasteiger partial charge in [0.15, 0.2) is 0 Å². The number of likely N-dealkylation sites (tertiary alicyclic amines) is 1. The summed E-state index contributed by atoms with van der Waals surface area (Å²) < 4.78 is 34.1. The standard InChI is InChI=1S/C18H26N2O4S/c1-13(20-10-5-4-9-16(20)21)12-19-25(22,23)15-8-6-7-14-11-18(2,3)24-17(14)15/h6-8,13,19H,4-5,9-12H2,1-3H3/t13-/m1/s1. The molecule has 3 rings (SSSR count). The highest BCUT2D eigenvalue weighted by atomic mass is 32.2. The van der Waals surface area contributed by atoms with Crippen molar-refractivity contribution in [2.24, 2.45) is 0 Å². The van der Waals surface area contributed by atoms with Crippen LogP contribution < -0.4 is 9.46 Å². The van der Waals surface area contributed by atoms with Gasteiger partial charge in [-0.2, -0.15) is 0 Å². The van der Waals surface area contributed by atoms with E-state index in [9.17, 15) is 13.2 Å². The van der Waals surface area contributed by atoms with Crippen molar-refractivity contribution in [2.45, 2.75) is 63.0 Å². The number of rotatable bonds is 5. The van der Waals surface area contributed by atoms with Crippen LogP contribution in [0.5, 0.6) is 5.75 Å². The van der Waals surface area contributed by atoms with Gasteiger partial charge in [0.1, 0.15) is 16.2 Å². The van der Waals surface area contributed by atoms with Crippen LogP contribution in [-0.4, -0.2) is 44.0 Å². The van der Waals surface area contributed by atoms with Crippen LogP contribution >= 0.6 is 0 Å². The molecule has 138 valence electrons. The van der Waals surface area contributed by atoms with Crippen LogP contribution in [0.15, 0.2) is 23.1 Å². The van der Waals surface area contributed by atoms with E-state index in [4.69, 9.17) is 4.74 Å². The van der Waals surface area contributed by atoms with E-state index in [1.54, 1.807) is 17.0 Å². The fourth-order valence-corrected chi connectivity index (χ4v) is 4.80. The van der Waals surface area contributed by atoms with Gasteiger partial charge in [0, 0.05) is 32.0 Å². The smallest absolute Gasteiger partial charge is 0.244 e. The molecule has 0 bridgehead atoms. The Bertz CT molecular complexity index is 773. The molecule has 0 unspecified atom stereocenters. The number of amides is 1. The average molecular weight is 366 g/mol. The first-order valence-electron chi connectivity index (χ1n) is 8.80. The van der Waals surface area contributed by atoms with Crippen LogP contribution in [0.4, 0.5) is 0 Å². The lowest BCUT2D eigenvalue weighted by Gasteiger charge is -2.32. The Morgan fingerprint density at radius 3 is 2.80 bits per heavy atom. The number of sulfonamides is 1. The highest BCUT2D eigenvalue weighted by Gasteiger charge is 2.35. The molecule has 1 aromatic rings. The van der Waals surface area contributed by atoms with Crippen molar-refractivity contribution in [3.8, 4) is 5.75 Å². The summed E-state index contributed by atoms with van der Waals surface area (Å²) >= 11 is 0. The van der Waals surface area contributed by atoms with Crippen molar-refractivity contribution in [3.63, 3.8) is 0 Å². The minimum atomic E-state index is -3.70. The highest BCUT2D eigenvalue weighted by Crippen LogP contribution is 2.39. The van der Waals surface area contributed by atoms with E-state index < -0.39 is 15.6 Å². The predicted molar refractivity (Wildman–Crippen MR) is 95.1 cm³/mol. The normalized spacial score (nSPS) is 20.9. The summed E-state index contributed by atoms with van der Waals surface area (Å²) in [7, 11) is -3.70. The molecule has 6 nitrogen and oxygen atoms in total. The summed E-state index contributed by atoms with van der Waals surface area (Å²) in [6.07, 6.45) is 3.12. The average Bonchev–Trinajstić information content (AvgIpc) is 2.86. The molecular formula is C18H26N2O4S. The van der Waals surface area contributed by atoms with Crippen molar-refractivity contribution in [2.75, 3.05) is 13.1 Å². The van der Waals surface area contributed by atoms with Gasteiger partial charge in [-0.05, 0) is 45.2 Å². The summed E-state index contributed by atoms with van der Waals surface area (Å²) in [5, 5.41) is 0. The number of carbonyl (C=O) groups is 1. The summed E-state index contributed by atoms with van der Waals surface area (Å²) in [5.74, 6) is 0.547. The first-order chi connectivity index (χ1) is 11.7. The number of fused-ring (bicyclic) bond motifs is 1. The molecule has 2 heterocycles. The van der Waals surface area contributed by atoms with Crippen LogP contribution in [-0.2, 0) is 21.2 Å². The second-order valence-corrected chi connectivity index (χ2v) is 9.26. The van der Waals surface area contributed by atoms with Crippen LogP contribution in [0.2, 0.25) is 0 Å². The summed E-state index contributed by atoms with van der Waals surface area (Å²) in [5.41, 5.74) is 0.508. The maximum Gasteiger partial charge on any atom is 0.244 e. The SMILES string of the molecule is C[C@H](CNS(=O)(=O)c1cccc2c1OC(C)(C)C2)N1CCCCC1=O. The van der Waals surface area contributed by atoms with Crippen molar-refractivity contribution in [1.82, 2.24) is 9.62 Å². The number of nitrogens with one attached hydrogen (secondary N) is 1. The fraction of sp³-hybridized carbons (Fsp3) is 0.611. The maximum absolute atomic E-state index is 12.8. The second-order valence-electron chi connectivity index (χ2n) is 7.53. The van der Waals surface area contributed by atoms with Crippen LogP contribution in [0.3, 0.4) is 0 Å². The molecular weight excluding hydrogens is 340 g/mol. The summed E-state index contributed by atoms with van der Waals surface area (Å²) in [6.45, 7) is 6.66. The number of nitrogens with zero attached hydrogens (tertiary/aromatic N) is 1. The van der Waals surface area contributed by atoms with Gasteiger partial charge in [-0.3, -0.25) is 4.79 Å². The van der Waals surface area contributed by atoms with Gasteiger partial charge in [0.25, 0.3) is 0 Å². The van der Waals surface area contributed by atoms with Crippen molar-refractivity contribution in [3.05, 3.63) is 23.8 Å². The lowest BCUT2D eigenvalue weighted by molar-refractivity contribution is -0.135. The zero-order valence-electron chi connectivity index (χ0n) is 15.0. The molecule has 2 aliphatic heterocycles. The van der Waals surface area contributed by atoms with E-state index in [1.807, 2.05) is 26.8 Å². The highest BCUT2D eigenvalue weighted by molar-refractivity contribution is 7.89. The number of benzene rings is 1. The predicted octanol–water partition coefficient (Wildman–Crippen LogP) is 2.08. The molecule has 0 aliphatic carbocycles. The summed E-state index contributed by atoms with van der Waals surface area (Å²) in [6, 6.07) is 5.05. The number of carbonyl (C=O) groups excluding carboxylic acids is 1. The Morgan fingerprint density at radius 2 is 2.08 bits per heavy atom. The number of ether oxygens (including phenoxy) is 1. The van der Waals surface area contributed by atoms with E-state index in [-0.39, 0.29) is 23.4 Å². The van der Waals surface area contributed by atoms with Gasteiger partial charge in [0.2, 0.25) is 15.9 Å². The van der Waals surface area contributed by atoms with Gasteiger partial charge in [-0.1, -0.05) is 12.1 Å². The molecule has 25 heavy (non-hydrogen) atoms. The van der Waals surface area contributed by atoms with E-state index in [0.29, 0.717) is 25.1 Å². The third-order valence-corrected chi connectivity index (χ3v) is 6.25. The molecule has 0 spiro atoms. The summed E-state index contributed by atoms with van der Waals surface area (Å²) in [4.78, 5) is 13.9. The molecule has 1 N–H and O–H groups in total. The third-order valence-electron chi connectivity index (χ3n) is 4.81. The number of para-hydroxylation sites is 1. The Balaban J connectivity index is 1.73. The van der Waals surface area contributed by atoms with Gasteiger partial charge in [0.05, 0.1) is 0 Å². The molecule has 1 fully saturated rings. The molecule has 1 aromatic carbocycles. The van der Waals surface area contributed by atoms with E-state index in [1.165, 1.54) is 0 Å². The van der Waals surface area contributed by atoms with Crippen LogP contribution in [0.1, 0.15) is 45.6 Å². The van der Waals surface area contributed by atoms with Gasteiger partial charge in [-0.25, -0.2) is 13.1 Å². The van der Waals surface area contributed by atoms with Gasteiger partial charge in [-0.15, -0.1) is 0 Å². The Morgan fingerprint density at radius 1 is 1.32 bits per heavy atom. The first-order valence-corrected chi connectivity index (χ1v) is 10.3. The van der Waals surface area contributed by atoms with E-state index in [2.05, 4.69) is 4.72 Å². The topological polar surface area (TPSA) is 75.7 Å². The zero-order valence-corrected chi connectivity index (χ0v) is 15.9.